The van der Waals surface area contributed by atoms with Crippen molar-refractivity contribution in [3.05, 3.63) is 314 Å². The highest BCUT2D eigenvalue weighted by molar-refractivity contribution is 7.00. The Hall–Kier alpha value is -10.7. The van der Waals surface area contributed by atoms with Crippen LogP contribution in [0.3, 0.4) is 0 Å². The van der Waals surface area contributed by atoms with Crippen molar-refractivity contribution in [2.75, 3.05) is 9.80 Å². The fraction of sp³-hybridized carbons (Fsp3) is 0.0930. The van der Waals surface area contributed by atoms with E-state index in [1.807, 2.05) is 0 Å². The Morgan fingerprint density at radius 3 is 0.878 bits per heavy atom. The average molecular weight is 1150 g/mol. The van der Waals surface area contributed by atoms with E-state index < -0.39 is 0 Å². The van der Waals surface area contributed by atoms with Crippen molar-refractivity contribution in [2.24, 2.45) is 0 Å². The molecule has 16 rings (SSSR count). The molecule has 3 heterocycles. The SMILES string of the molecule is CC(C)(C)c1ccc2c(c1)B1c3cc(C(C)(C)C)ccc3N(c3ccccc3)c3cc(-n4c5cc(-c6cc(-c7ccccc7)cc(-c7ccccc7)c6)ccc5c5ccc(-c6cc(-c7ccccc7)cc(-c7ccccc7)c6)cc54)cc(c31)N2c1ccccc1. The van der Waals surface area contributed by atoms with Gasteiger partial charge in [0.1, 0.15) is 0 Å². The Kier molecular flexibility index (Phi) is 13.1. The van der Waals surface area contributed by atoms with Gasteiger partial charge in [0.05, 0.1) is 16.7 Å². The molecule has 4 heteroatoms. The normalized spacial score (nSPS) is 12.7. The average Bonchev–Trinajstić information content (AvgIpc) is 0.844. The van der Waals surface area contributed by atoms with Gasteiger partial charge in [0.25, 0.3) is 6.71 Å². The Morgan fingerprint density at radius 2 is 0.556 bits per heavy atom. The smallest absolute Gasteiger partial charge is 0.252 e. The molecule has 14 aromatic rings. The minimum Gasteiger partial charge on any atom is -0.311 e. The summed E-state index contributed by atoms with van der Waals surface area (Å²) in [5, 5.41) is 2.38. The quantitative estimate of drug-likeness (QED) is 0.133. The van der Waals surface area contributed by atoms with Crippen molar-refractivity contribution in [3.63, 3.8) is 0 Å². The number of anilines is 6. The predicted molar refractivity (Wildman–Crippen MR) is 385 cm³/mol. The van der Waals surface area contributed by atoms with Gasteiger partial charge in [0.2, 0.25) is 0 Å². The molecule has 13 aromatic carbocycles. The summed E-state index contributed by atoms with van der Waals surface area (Å²) in [6.07, 6.45) is 0. The maximum Gasteiger partial charge on any atom is 0.252 e. The molecule has 0 N–H and O–H groups in total. The van der Waals surface area contributed by atoms with Crippen molar-refractivity contribution in [1.82, 2.24) is 4.57 Å². The Labute approximate surface area is 529 Å². The summed E-state index contributed by atoms with van der Waals surface area (Å²) in [4.78, 5) is 5.13. The molecule has 430 valence electrons. The molecule has 0 atom stereocenters. The molecule has 90 heavy (non-hydrogen) atoms. The summed E-state index contributed by atoms with van der Waals surface area (Å²) >= 11 is 0. The topological polar surface area (TPSA) is 11.4 Å². The second-order valence-corrected chi connectivity index (χ2v) is 26.6. The van der Waals surface area contributed by atoms with Crippen LogP contribution in [0.15, 0.2) is 303 Å². The Bertz CT molecular complexity index is 4630. The van der Waals surface area contributed by atoms with Crippen molar-refractivity contribution < 1.29 is 0 Å². The third kappa shape index (κ3) is 9.54. The van der Waals surface area contributed by atoms with E-state index in [2.05, 4.69) is 359 Å². The van der Waals surface area contributed by atoms with Gasteiger partial charge in [0.15, 0.2) is 0 Å². The fourth-order valence-corrected chi connectivity index (χ4v) is 14.2. The Balaban J connectivity index is 1.02. The van der Waals surface area contributed by atoms with E-state index in [9.17, 15) is 0 Å². The highest BCUT2D eigenvalue weighted by Gasteiger charge is 2.45. The van der Waals surface area contributed by atoms with Crippen LogP contribution in [0, 0.1) is 0 Å². The van der Waals surface area contributed by atoms with E-state index in [1.54, 1.807) is 0 Å². The second kappa shape index (κ2) is 21.6. The first-order chi connectivity index (χ1) is 43.9. The summed E-state index contributed by atoms with van der Waals surface area (Å²) in [5.41, 5.74) is 30.8. The molecule has 0 unspecified atom stereocenters. The van der Waals surface area contributed by atoms with Crippen LogP contribution >= 0.6 is 0 Å². The summed E-state index contributed by atoms with van der Waals surface area (Å²) in [7, 11) is 0. The largest absolute Gasteiger partial charge is 0.311 e. The molecule has 0 spiro atoms. The van der Waals surface area contributed by atoms with Crippen molar-refractivity contribution >= 4 is 79.0 Å². The fourth-order valence-electron chi connectivity index (χ4n) is 14.2. The number of hydrogen-bond donors (Lipinski definition) is 0. The van der Waals surface area contributed by atoms with E-state index in [4.69, 9.17) is 0 Å². The van der Waals surface area contributed by atoms with Gasteiger partial charge < -0.3 is 14.4 Å². The monoisotopic (exact) mass is 1150 g/mol. The van der Waals surface area contributed by atoms with Crippen LogP contribution in [0.4, 0.5) is 34.1 Å². The number of hydrogen-bond acceptors (Lipinski definition) is 2. The van der Waals surface area contributed by atoms with Gasteiger partial charge in [-0.2, -0.15) is 0 Å². The van der Waals surface area contributed by atoms with Crippen LogP contribution in [-0.4, -0.2) is 11.3 Å². The molecular formula is C86H68BN3. The number of aromatic nitrogens is 1. The number of para-hydroxylation sites is 2. The van der Waals surface area contributed by atoms with Crippen LogP contribution < -0.4 is 26.2 Å². The van der Waals surface area contributed by atoms with Crippen molar-refractivity contribution in [1.29, 1.82) is 0 Å². The number of rotatable bonds is 9. The van der Waals surface area contributed by atoms with Gasteiger partial charge in [-0.1, -0.05) is 248 Å². The first-order valence-electron chi connectivity index (χ1n) is 31.7. The van der Waals surface area contributed by atoms with Crippen LogP contribution in [0.2, 0.25) is 0 Å². The molecule has 0 fully saturated rings. The zero-order valence-electron chi connectivity index (χ0n) is 51.8. The Morgan fingerprint density at radius 1 is 0.244 bits per heavy atom. The van der Waals surface area contributed by atoms with E-state index in [1.165, 1.54) is 94.2 Å². The van der Waals surface area contributed by atoms with Gasteiger partial charge in [-0.15, -0.1) is 0 Å². The molecule has 1 aromatic heterocycles. The lowest BCUT2D eigenvalue weighted by atomic mass is 9.33. The van der Waals surface area contributed by atoms with Crippen LogP contribution in [0.25, 0.3) is 94.3 Å². The summed E-state index contributed by atoms with van der Waals surface area (Å²) in [6.45, 7) is 14.0. The van der Waals surface area contributed by atoms with Gasteiger partial charge in [0, 0.05) is 44.9 Å². The molecular weight excluding hydrogens is 1090 g/mol. The van der Waals surface area contributed by atoms with Gasteiger partial charge in [-0.25, -0.2) is 0 Å². The number of benzene rings is 13. The van der Waals surface area contributed by atoms with E-state index >= 15 is 0 Å². The third-order valence-corrected chi connectivity index (χ3v) is 18.8. The highest BCUT2D eigenvalue weighted by atomic mass is 15.2. The lowest BCUT2D eigenvalue weighted by Gasteiger charge is -2.45. The molecule has 3 nitrogen and oxygen atoms in total. The molecule has 0 radical (unpaired) electrons. The first kappa shape index (κ1) is 54.7. The zero-order chi connectivity index (χ0) is 60.8. The minimum atomic E-state index is -0.0768. The van der Waals surface area contributed by atoms with E-state index in [-0.39, 0.29) is 17.5 Å². The standard InChI is InChI=1S/C86H68BN3/c1-85(2,3)69-39-43-78-76(53-69)87-77-54-70(86(4,5)6)40-44-79(77)89(72-35-23-12-24-36-72)83-56-73(55-82(84(83)87)88(78)71-33-21-11-22-34-71)90-80-51-61(67-47-63(57-25-13-7-14-26-57)45-64(48-67)58-27-15-8-16-28-58)37-41-74(80)75-42-38-62(52-81(75)90)68-49-65(59-29-17-9-18-30-59)46-66(50-68)60-31-19-10-20-32-60/h7-56H,1-6H3. The van der Waals surface area contributed by atoms with Gasteiger partial charge >= 0.3 is 0 Å². The molecule has 0 bridgehead atoms. The van der Waals surface area contributed by atoms with E-state index in [0.717, 1.165) is 61.7 Å². The molecule has 0 saturated carbocycles. The van der Waals surface area contributed by atoms with Crippen molar-refractivity contribution in [3.8, 4) is 72.4 Å². The van der Waals surface area contributed by atoms with Crippen LogP contribution in [-0.2, 0) is 10.8 Å². The van der Waals surface area contributed by atoms with Crippen LogP contribution in [0.1, 0.15) is 52.7 Å². The maximum absolute atomic E-state index is 2.59. The predicted octanol–water partition coefficient (Wildman–Crippen LogP) is 21.5. The number of nitrogens with zero attached hydrogens (tertiary/aromatic N) is 3. The minimum absolute atomic E-state index is 0.0682. The molecule has 0 amide bonds. The second-order valence-electron chi connectivity index (χ2n) is 26.6. The number of fused-ring (bicyclic) bond motifs is 7. The van der Waals surface area contributed by atoms with Crippen LogP contribution in [0.5, 0.6) is 0 Å². The summed E-state index contributed by atoms with van der Waals surface area (Å²) in [5.74, 6) is 0. The van der Waals surface area contributed by atoms with E-state index in [0.29, 0.717) is 0 Å². The third-order valence-electron chi connectivity index (χ3n) is 18.8. The summed E-state index contributed by atoms with van der Waals surface area (Å²) < 4.78 is 2.59. The van der Waals surface area contributed by atoms with Gasteiger partial charge in [-0.05, 0) is 202 Å². The molecule has 2 aliphatic rings. The molecule has 2 aliphatic heterocycles. The lowest BCUT2D eigenvalue weighted by Crippen LogP contribution is -2.61. The van der Waals surface area contributed by atoms with Crippen molar-refractivity contribution in [2.45, 2.75) is 52.4 Å². The zero-order valence-corrected chi connectivity index (χ0v) is 51.8. The highest BCUT2D eigenvalue weighted by Crippen LogP contribution is 2.48. The lowest BCUT2D eigenvalue weighted by molar-refractivity contribution is 0.590. The maximum atomic E-state index is 2.59. The van der Waals surface area contributed by atoms with Gasteiger partial charge in [-0.3, -0.25) is 0 Å². The molecule has 0 saturated heterocycles. The molecule has 0 aliphatic carbocycles. The first-order valence-corrected chi connectivity index (χ1v) is 31.7. The summed E-state index contributed by atoms with van der Waals surface area (Å²) in [6, 6.07) is 114.